The standard InChI is InChI=1S/C14H20N2O2S2/c1-10(11-5-3-2-4-6-11)9-20(17,18)16-13(14(15)19)12-7-8-12/h2-6,10,12-13,16H,7-9H2,1H3,(H2,15,19). The molecule has 1 aliphatic rings. The van der Waals surface area contributed by atoms with Crippen molar-refractivity contribution in [3.63, 3.8) is 0 Å². The van der Waals surface area contributed by atoms with Gasteiger partial charge in [-0.1, -0.05) is 49.5 Å². The molecule has 1 aromatic carbocycles. The molecule has 2 rings (SSSR count). The molecule has 0 heterocycles. The van der Waals surface area contributed by atoms with Crippen LogP contribution in [-0.4, -0.2) is 25.2 Å². The molecule has 0 aromatic heterocycles. The van der Waals surface area contributed by atoms with Crippen molar-refractivity contribution in [2.45, 2.75) is 31.7 Å². The molecule has 0 aliphatic heterocycles. The van der Waals surface area contributed by atoms with E-state index in [1.54, 1.807) is 0 Å². The second kappa shape index (κ2) is 6.20. The van der Waals surface area contributed by atoms with Crippen LogP contribution in [0.5, 0.6) is 0 Å². The van der Waals surface area contributed by atoms with Gasteiger partial charge >= 0.3 is 0 Å². The van der Waals surface area contributed by atoms with Crippen LogP contribution in [0.15, 0.2) is 30.3 Å². The van der Waals surface area contributed by atoms with E-state index in [4.69, 9.17) is 18.0 Å². The number of hydrogen-bond donors (Lipinski definition) is 2. The van der Waals surface area contributed by atoms with Crippen LogP contribution in [0.3, 0.4) is 0 Å². The Bertz CT molecular complexity index is 568. The summed E-state index contributed by atoms with van der Waals surface area (Å²) in [5.41, 5.74) is 6.64. The topological polar surface area (TPSA) is 72.2 Å². The third-order valence-corrected chi connectivity index (χ3v) is 5.35. The SMILES string of the molecule is CC(CS(=O)(=O)NC(C(N)=S)C1CC1)c1ccccc1. The number of thiocarbonyl (C=S) groups is 1. The zero-order valence-electron chi connectivity index (χ0n) is 11.5. The van der Waals surface area contributed by atoms with Gasteiger partial charge in [0.1, 0.15) is 0 Å². The summed E-state index contributed by atoms with van der Waals surface area (Å²) in [4.78, 5) is 0.239. The highest BCUT2D eigenvalue weighted by molar-refractivity contribution is 7.89. The summed E-state index contributed by atoms with van der Waals surface area (Å²) >= 11 is 4.96. The van der Waals surface area contributed by atoms with Gasteiger partial charge in [-0.25, -0.2) is 13.1 Å². The van der Waals surface area contributed by atoms with Crippen LogP contribution in [0.25, 0.3) is 0 Å². The molecule has 1 aromatic rings. The minimum atomic E-state index is -3.40. The van der Waals surface area contributed by atoms with Gasteiger partial charge < -0.3 is 5.73 Å². The lowest BCUT2D eigenvalue weighted by Gasteiger charge is -2.19. The second-order valence-electron chi connectivity index (χ2n) is 5.43. The summed E-state index contributed by atoms with van der Waals surface area (Å²) in [5.74, 6) is 0.247. The summed E-state index contributed by atoms with van der Waals surface area (Å²) in [7, 11) is -3.40. The minimum absolute atomic E-state index is 0.0445. The Morgan fingerprint density at radius 3 is 2.50 bits per heavy atom. The second-order valence-corrected chi connectivity index (χ2v) is 7.70. The van der Waals surface area contributed by atoms with Crippen LogP contribution in [0.2, 0.25) is 0 Å². The molecule has 0 bridgehead atoms. The molecule has 20 heavy (non-hydrogen) atoms. The predicted molar refractivity (Wildman–Crippen MR) is 85.1 cm³/mol. The molecule has 6 heteroatoms. The van der Waals surface area contributed by atoms with E-state index in [0.29, 0.717) is 0 Å². The van der Waals surface area contributed by atoms with Gasteiger partial charge in [-0.15, -0.1) is 0 Å². The first kappa shape index (κ1) is 15.4. The van der Waals surface area contributed by atoms with E-state index in [1.807, 2.05) is 37.3 Å². The van der Waals surface area contributed by atoms with Gasteiger partial charge in [0.2, 0.25) is 10.0 Å². The van der Waals surface area contributed by atoms with E-state index in [-0.39, 0.29) is 22.6 Å². The maximum atomic E-state index is 12.2. The van der Waals surface area contributed by atoms with E-state index in [9.17, 15) is 8.42 Å². The molecule has 110 valence electrons. The van der Waals surface area contributed by atoms with Crippen LogP contribution in [-0.2, 0) is 10.0 Å². The highest BCUT2D eigenvalue weighted by Gasteiger charge is 2.36. The molecular formula is C14H20N2O2S2. The first-order chi connectivity index (χ1) is 9.39. The minimum Gasteiger partial charge on any atom is -0.392 e. The summed E-state index contributed by atoms with van der Waals surface area (Å²) in [6.45, 7) is 1.90. The first-order valence-electron chi connectivity index (χ1n) is 6.73. The molecule has 0 amide bonds. The average Bonchev–Trinajstić information content (AvgIpc) is 3.20. The quantitative estimate of drug-likeness (QED) is 0.753. The van der Waals surface area contributed by atoms with Crippen LogP contribution < -0.4 is 10.5 Å². The Morgan fingerprint density at radius 1 is 1.40 bits per heavy atom. The number of sulfonamides is 1. The van der Waals surface area contributed by atoms with Gasteiger partial charge in [0.15, 0.2) is 0 Å². The maximum Gasteiger partial charge on any atom is 0.212 e. The molecular weight excluding hydrogens is 292 g/mol. The van der Waals surface area contributed by atoms with Crippen molar-refractivity contribution < 1.29 is 8.42 Å². The lowest BCUT2D eigenvalue weighted by atomic mass is 10.0. The Labute approximate surface area is 125 Å². The third-order valence-electron chi connectivity index (χ3n) is 3.54. The van der Waals surface area contributed by atoms with Crippen LogP contribution in [0, 0.1) is 5.92 Å². The largest absolute Gasteiger partial charge is 0.392 e. The van der Waals surface area contributed by atoms with Crippen LogP contribution >= 0.6 is 12.2 Å². The van der Waals surface area contributed by atoms with Crippen LogP contribution in [0.4, 0.5) is 0 Å². The Kier molecular flexibility index (Phi) is 4.78. The lowest BCUT2D eigenvalue weighted by molar-refractivity contribution is 0.560. The molecule has 3 N–H and O–H groups in total. The molecule has 4 nitrogen and oxygen atoms in total. The Morgan fingerprint density at radius 2 is 2.00 bits per heavy atom. The fourth-order valence-corrected chi connectivity index (χ4v) is 4.24. The van der Waals surface area contributed by atoms with Crippen molar-refractivity contribution in [2.75, 3.05) is 5.75 Å². The number of nitrogens with two attached hydrogens (primary N) is 1. The highest BCUT2D eigenvalue weighted by atomic mass is 32.2. The van der Waals surface area contributed by atoms with Crippen molar-refractivity contribution in [3.05, 3.63) is 35.9 Å². The lowest BCUT2D eigenvalue weighted by Crippen LogP contribution is -2.46. The van der Waals surface area contributed by atoms with Gasteiger partial charge in [0, 0.05) is 0 Å². The van der Waals surface area contributed by atoms with Gasteiger partial charge in [-0.05, 0) is 30.2 Å². The van der Waals surface area contributed by atoms with Crippen molar-refractivity contribution >= 4 is 27.2 Å². The number of hydrogen-bond acceptors (Lipinski definition) is 3. The summed E-state index contributed by atoms with van der Waals surface area (Å²) in [5, 5.41) is 0. The molecule has 1 fully saturated rings. The zero-order chi connectivity index (χ0) is 14.8. The summed E-state index contributed by atoms with van der Waals surface area (Å²) < 4.78 is 27.1. The number of nitrogens with one attached hydrogen (secondary N) is 1. The maximum absolute atomic E-state index is 12.2. The average molecular weight is 312 g/mol. The Balaban J connectivity index is 2.01. The summed E-state index contributed by atoms with van der Waals surface area (Å²) in [6.07, 6.45) is 1.97. The van der Waals surface area contributed by atoms with E-state index in [0.717, 1.165) is 18.4 Å². The van der Waals surface area contributed by atoms with Crippen molar-refractivity contribution in [3.8, 4) is 0 Å². The van der Waals surface area contributed by atoms with E-state index in [2.05, 4.69) is 4.72 Å². The smallest absolute Gasteiger partial charge is 0.212 e. The van der Waals surface area contributed by atoms with Crippen LogP contribution in [0.1, 0.15) is 31.2 Å². The predicted octanol–water partition coefficient (Wildman–Crippen LogP) is 1.77. The van der Waals surface area contributed by atoms with E-state index < -0.39 is 16.1 Å². The Hall–Kier alpha value is -0.980. The van der Waals surface area contributed by atoms with Gasteiger partial charge in [-0.3, -0.25) is 0 Å². The molecule has 0 spiro atoms. The van der Waals surface area contributed by atoms with Gasteiger partial charge in [0.25, 0.3) is 0 Å². The number of rotatable bonds is 7. The van der Waals surface area contributed by atoms with Crippen molar-refractivity contribution in [1.82, 2.24) is 4.72 Å². The molecule has 2 atom stereocenters. The van der Waals surface area contributed by atoms with Gasteiger partial charge in [0.05, 0.1) is 16.8 Å². The van der Waals surface area contributed by atoms with E-state index >= 15 is 0 Å². The fraction of sp³-hybridized carbons (Fsp3) is 0.500. The zero-order valence-corrected chi connectivity index (χ0v) is 13.1. The molecule has 0 saturated heterocycles. The third kappa shape index (κ3) is 4.26. The summed E-state index contributed by atoms with van der Waals surface area (Å²) in [6, 6.07) is 9.22. The normalized spacial score (nSPS) is 18.4. The van der Waals surface area contributed by atoms with E-state index in [1.165, 1.54) is 0 Å². The van der Waals surface area contributed by atoms with Crippen molar-refractivity contribution in [1.29, 1.82) is 0 Å². The van der Waals surface area contributed by atoms with Gasteiger partial charge in [-0.2, -0.15) is 0 Å². The fourth-order valence-electron chi connectivity index (χ4n) is 2.26. The molecule has 1 aliphatic carbocycles. The number of benzene rings is 1. The molecule has 1 saturated carbocycles. The monoisotopic (exact) mass is 312 g/mol. The first-order valence-corrected chi connectivity index (χ1v) is 8.79. The van der Waals surface area contributed by atoms with Crippen molar-refractivity contribution in [2.24, 2.45) is 11.7 Å². The highest BCUT2D eigenvalue weighted by Crippen LogP contribution is 2.33. The molecule has 0 radical (unpaired) electrons. The molecule has 2 unspecified atom stereocenters.